The van der Waals surface area contributed by atoms with Crippen molar-refractivity contribution in [1.29, 1.82) is 0 Å². The van der Waals surface area contributed by atoms with Crippen LogP contribution in [0.25, 0.3) is 0 Å². The Morgan fingerprint density at radius 3 is 2.59 bits per heavy atom. The van der Waals surface area contributed by atoms with E-state index in [-0.39, 0.29) is 0 Å². The number of nitrogens with zero attached hydrogens (tertiary/aromatic N) is 2. The van der Waals surface area contributed by atoms with Crippen LogP contribution in [0, 0.1) is 13.8 Å². The van der Waals surface area contributed by atoms with Crippen molar-refractivity contribution in [3.63, 3.8) is 0 Å². The Labute approximate surface area is 108 Å². The number of anilines is 1. The molecule has 0 aliphatic heterocycles. The summed E-state index contributed by atoms with van der Waals surface area (Å²) >= 11 is 3.44. The van der Waals surface area contributed by atoms with Crippen molar-refractivity contribution in [3.8, 4) is 11.6 Å². The van der Waals surface area contributed by atoms with Gasteiger partial charge in [0.1, 0.15) is 17.4 Å². The molecule has 0 spiro atoms. The number of nitrogens with two attached hydrogens (primary N) is 1. The number of aryl methyl sites for hydroxylation is 2. The Balaban J connectivity index is 2.28. The van der Waals surface area contributed by atoms with Crippen LogP contribution in [0.4, 0.5) is 5.82 Å². The van der Waals surface area contributed by atoms with Gasteiger partial charge in [-0.2, -0.15) is 4.98 Å². The van der Waals surface area contributed by atoms with Crippen LogP contribution < -0.4 is 10.5 Å². The largest absolute Gasteiger partial charge is 0.439 e. The SMILES string of the molecule is Cc1nc(N)cc(Oc2ccc(Br)c(C)c2)n1. The van der Waals surface area contributed by atoms with Gasteiger partial charge in [-0.15, -0.1) is 0 Å². The van der Waals surface area contributed by atoms with Gasteiger partial charge in [0, 0.05) is 10.5 Å². The number of hydrogen-bond donors (Lipinski definition) is 1. The van der Waals surface area contributed by atoms with E-state index in [1.807, 2.05) is 25.1 Å². The van der Waals surface area contributed by atoms with E-state index >= 15 is 0 Å². The standard InChI is InChI=1S/C12H12BrN3O/c1-7-5-9(3-4-10(7)13)17-12-6-11(14)15-8(2)16-12/h3-6H,1-2H3,(H2,14,15,16). The molecule has 0 aliphatic rings. The molecule has 5 heteroatoms. The Hall–Kier alpha value is -1.62. The van der Waals surface area contributed by atoms with Gasteiger partial charge in [0.25, 0.3) is 0 Å². The van der Waals surface area contributed by atoms with Gasteiger partial charge in [-0.05, 0) is 37.6 Å². The maximum absolute atomic E-state index is 5.63. The first-order valence-electron chi connectivity index (χ1n) is 5.10. The smallest absolute Gasteiger partial charge is 0.224 e. The van der Waals surface area contributed by atoms with Gasteiger partial charge in [0.05, 0.1) is 0 Å². The molecule has 4 nitrogen and oxygen atoms in total. The summed E-state index contributed by atoms with van der Waals surface area (Å²) in [6, 6.07) is 7.33. The quantitative estimate of drug-likeness (QED) is 0.923. The molecule has 1 aromatic carbocycles. The molecule has 0 bridgehead atoms. The van der Waals surface area contributed by atoms with Crippen LogP contribution in [0.1, 0.15) is 11.4 Å². The Morgan fingerprint density at radius 2 is 1.94 bits per heavy atom. The molecule has 2 aromatic rings. The lowest BCUT2D eigenvalue weighted by Crippen LogP contribution is -1.97. The van der Waals surface area contributed by atoms with E-state index in [0.29, 0.717) is 17.5 Å². The maximum atomic E-state index is 5.63. The Kier molecular flexibility index (Phi) is 3.28. The van der Waals surface area contributed by atoms with Crippen molar-refractivity contribution < 1.29 is 4.74 Å². The number of benzene rings is 1. The zero-order valence-electron chi connectivity index (χ0n) is 9.57. The zero-order valence-corrected chi connectivity index (χ0v) is 11.2. The van der Waals surface area contributed by atoms with Crippen LogP contribution in [0.5, 0.6) is 11.6 Å². The fraction of sp³-hybridized carbons (Fsp3) is 0.167. The second-order valence-electron chi connectivity index (χ2n) is 3.69. The van der Waals surface area contributed by atoms with Crippen molar-refractivity contribution in [1.82, 2.24) is 9.97 Å². The lowest BCUT2D eigenvalue weighted by molar-refractivity contribution is 0.460. The number of nitrogen functional groups attached to an aromatic ring is 1. The molecule has 0 fully saturated rings. The van der Waals surface area contributed by atoms with E-state index in [0.717, 1.165) is 15.8 Å². The number of hydrogen-bond acceptors (Lipinski definition) is 4. The fourth-order valence-electron chi connectivity index (χ4n) is 1.42. The first-order valence-corrected chi connectivity index (χ1v) is 5.89. The molecule has 17 heavy (non-hydrogen) atoms. The molecule has 1 aromatic heterocycles. The first-order chi connectivity index (χ1) is 8.04. The lowest BCUT2D eigenvalue weighted by Gasteiger charge is -2.07. The van der Waals surface area contributed by atoms with Crippen molar-refractivity contribution in [2.75, 3.05) is 5.73 Å². The average Bonchev–Trinajstić information content (AvgIpc) is 2.22. The second kappa shape index (κ2) is 4.71. The number of halogens is 1. The predicted octanol–water partition coefficient (Wildman–Crippen LogP) is 3.23. The normalized spacial score (nSPS) is 10.3. The third kappa shape index (κ3) is 2.94. The minimum absolute atomic E-state index is 0.404. The maximum Gasteiger partial charge on any atom is 0.224 e. The van der Waals surface area contributed by atoms with Crippen LogP contribution >= 0.6 is 15.9 Å². The highest BCUT2D eigenvalue weighted by atomic mass is 79.9. The molecule has 0 unspecified atom stereocenters. The van der Waals surface area contributed by atoms with Gasteiger partial charge in [-0.3, -0.25) is 0 Å². The van der Waals surface area contributed by atoms with E-state index in [1.54, 1.807) is 13.0 Å². The molecule has 2 rings (SSSR count). The summed E-state index contributed by atoms with van der Waals surface area (Å²) < 4.78 is 6.67. The second-order valence-corrected chi connectivity index (χ2v) is 4.55. The highest BCUT2D eigenvalue weighted by molar-refractivity contribution is 9.10. The minimum atomic E-state index is 0.404. The number of aromatic nitrogens is 2. The van der Waals surface area contributed by atoms with Crippen molar-refractivity contribution in [2.45, 2.75) is 13.8 Å². The molecule has 1 heterocycles. The predicted molar refractivity (Wildman–Crippen MR) is 70.1 cm³/mol. The van der Waals surface area contributed by atoms with Crippen LogP contribution in [-0.2, 0) is 0 Å². The van der Waals surface area contributed by atoms with Crippen molar-refractivity contribution in [2.24, 2.45) is 0 Å². The van der Waals surface area contributed by atoms with Gasteiger partial charge in [-0.25, -0.2) is 4.98 Å². The third-order valence-electron chi connectivity index (χ3n) is 2.19. The summed E-state index contributed by atoms with van der Waals surface area (Å²) in [5.74, 6) is 2.18. The molecule has 0 radical (unpaired) electrons. The third-order valence-corrected chi connectivity index (χ3v) is 3.08. The van der Waals surface area contributed by atoms with Crippen molar-refractivity contribution >= 4 is 21.7 Å². The Bertz CT molecular complexity index is 537. The van der Waals surface area contributed by atoms with Crippen LogP contribution in [0.3, 0.4) is 0 Å². The van der Waals surface area contributed by atoms with Gasteiger partial charge >= 0.3 is 0 Å². The van der Waals surface area contributed by atoms with Crippen LogP contribution in [0.2, 0.25) is 0 Å². The summed E-state index contributed by atoms with van der Waals surface area (Å²) in [6.07, 6.45) is 0. The molecule has 0 atom stereocenters. The van der Waals surface area contributed by atoms with E-state index in [2.05, 4.69) is 25.9 Å². The van der Waals surface area contributed by atoms with Gasteiger partial charge in [0.15, 0.2) is 0 Å². The summed E-state index contributed by atoms with van der Waals surface area (Å²) in [6.45, 7) is 3.77. The van der Waals surface area contributed by atoms with Crippen LogP contribution in [0.15, 0.2) is 28.7 Å². The minimum Gasteiger partial charge on any atom is -0.439 e. The molecule has 0 amide bonds. The summed E-state index contributed by atoms with van der Waals surface area (Å²) in [5, 5.41) is 0. The molecule has 0 saturated carbocycles. The van der Waals surface area contributed by atoms with Gasteiger partial charge in [0.2, 0.25) is 5.88 Å². The van der Waals surface area contributed by atoms with Gasteiger partial charge < -0.3 is 10.5 Å². The highest BCUT2D eigenvalue weighted by Crippen LogP contribution is 2.25. The van der Waals surface area contributed by atoms with Crippen molar-refractivity contribution in [3.05, 3.63) is 40.1 Å². The van der Waals surface area contributed by atoms with E-state index in [9.17, 15) is 0 Å². The first kappa shape index (κ1) is 11.9. The molecule has 0 aliphatic carbocycles. The molecular weight excluding hydrogens is 282 g/mol. The molecular formula is C12H12BrN3O. The molecule has 0 saturated heterocycles. The van der Waals surface area contributed by atoms with E-state index in [1.165, 1.54) is 0 Å². The van der Waals surface area contributed by atoms with Crippen LogP contribution in [-0.4, -0.2) is 9.97 Å². The number of rotatable bonds is 2. The average molecular weight is 294 g/mol. The topological polar surface area (TPSA) is 61.0 Å². The highest BCUT2D eigenvalue weighted by Gasteiger charge is 2.03. The van der Waals surface area contributed by atoms with E-state index in [4.69, 9.17) is 10.5 Å². The summed E-state index contributed by atoms with van der Waals surface area (Å²) in [4.78, 5) is 8.14. The Morgan fingerprint density at radius 1 is 1.18 bits per heavy atom. The monoisotopic (exact) mass is 293 g/mol. The summed E-state index contributed by atoms with van der Waals surface area (Å²) in [7, 11) is 0. The summed E-state index contributed by atoms with van der Waals surface area (Å²) in [5.41, 5.74) is 6.73. The molecule has 2 N–H and O–H groups in total. The lowest BCUT2D eigenvalue weighted by atomic mass is 10.2. The van der Waals surface area contributed by atoms with E-state index < -0.39 is 0 Å². The fourth-order valence-corrected chi connectivity index (χ4v) is 1.66. The zero-order chi connectivity index (χ0) is 12.4. The molecule has 88 valence electrons. The number of ether oxygens (including phenoxy) is 1. The van der Waals surface area contributed by atoms with Gasteiger partial charge in [-0.1, -0.05) is 15.9 Å².